The van der Waals surface area contributed by atoms with Gasteiger partial charge in [-0.3, -0.25) is 0 Å². The fraction of sp³-hybridized carbons (Fsp3) is 0.565. The maximum Gasteiger partial charge on any atom is 0.168 e. The highest BCUT2D eigenvalue weighted by Crippen LogP contribution is 2.29. The predicted octanol–water partition coefficient (Wildman–Crippen LogP) is 5.02. The Hall–Kier alpha value is -1.34. The second-order valence-electron chi connectivity index (χ2n) is 8.02. The summed E-state index contributed by atoms with van der Waals surface area (Å²) in [6, 6.07) is 5.60. The van der Waals surface area contributed by atoms with Gasteiger partial charge >= 0.3 is 0 Å². The molecule has 0 radical (unpaired) electrons. The summed E-state index contributed by atoms with van der Waals surface area (Å²) in [6.45, 7) is 11.3. The van der Waals surface area contributed by atoms with E-state index in [1.54, 1.807) is 0 Å². The number of piperidine rings is 1. The Morgan fingerprint density at radius 3 is 2.68 bits per heavy atom. The molecule has 0 aliphatic carbocycles. The SMILES string of the molecule is CCN(CC)CCCNC(=S)N1CCC(c2nccn2Cc2cc(Cl)ccc2Cl)CC1. The summed E-state index contributed by atoms with van der Waals surface area (Å²) >= 11 is 18.2. The van der Waals surface area contributed by atoms with Crippen LogP contribution in [0.4, 0.5) is 0 Å². The molecule has 1 aliphatic rings. The lowest BCUT2D eigenvalue weighted by molar-refractivity contribution is 0.291. The molecule has 31 heavy (non-hydrogen) atoms. The number of hydrogen-bond acceptors (Lipinski definition) is 3. The van der Waals surface area contributed by atoms with Crippen molar-refractivity contribution in [2.75, 3.05) is 39.3 Å². The Labute approximate surface area is 201 Å². The normalized spacial score (nSPS) is 14.9. The average Bonchev–Trinajstić information content (AvgIpc) is 3.24. The first kappa shape index (κ1) is 24.3. The van der Waals surface area contributed by atoms with Gasteiger partial charge in [-0.15, -0.1) is 0 Å². The number of aromatic nitrogens is 2. The van der Waals surface area contributed by atoms with Gasteiger partial charge in [0.1, 0.15) is 5.82 Å². The number of thiocarbonyl (C=S) groups is 1. The van der Waals surface area contributed by atoms with E-state index in [1.807, 2.05) is 30.6 Å². The Balaban J connectivity index is 1.48. The van der Waals surface area contributed by atoms with E-state index >= 15 is 0 Å². The van der Waals surface area contributed by atoms with Crippen molar-refractivity contribution >= 4 is 40.5 Å². The van der Waals surface area contributed by atoms with Crippen molar-refractivity contribution < 1.29 is 0 Å². The molecule has 8 heteroatoms. The second-order valence-corrected chi connectivity index (χ2v) is 9.25. The highest BCUT2D eigenvalue weighted by molar-refractivity contribution is 7.80. The van der Waals surface area contributed by atoms with Crippen LogP contribution >= 0.6 is 35.4 Å². The average molecular weight is 483 g/mol. The van der Waals surface area contributed by atoms with Crippen molar-refractivity contribution in [1.82, 2.24) is 24.7 Å². The van der Waals surface area contributed by atoms with Crippen LogP contribution in [0.1, 0.15) is 50.4 Å². The molecule has 170 valence electrons. The van der Waals surface area contributed by atoms with Gasteiger partial charge in [0, 0.05) is 48.0 Å². The zero-order valence-corrected chi connectivity index (χ0v) is 20.8. The van der Waals surface area contributed by atoms with Crippen LogP contribution < -0.4 is 5.32 Å². The lowest BCUT2D eigenvalue weighted by Crippen LogP contribution is -2.44. The monoisotopic (exact) mass is 481 g/mol. The second kappa shape index (κ2) is 12.0. The topological polar surface area (TPSA) is 36.3 Å². The third-order valence-electron chi connectivity index (χ3n) is 6.07. The highest BCUT2D eigenvalue weighted by atomic mass is 35.5. The number of rotatable bonds is 9. The van der Waals surface area contributed by atoms with Gasteiger partial charge in [-0.05, 0) is 74.9 Å². The summed E-state index contributed by atoms with van der Waals surface area (Å²) in [6.07, 6.45) is 7.11. The molecular formula is C23H33Cl2N5S. The molecule has 1 N–H and O–H groups in total. The number of nitrogens with zero attached hydrogens (tertiary/aromatic N) is 4. The fourth-order valence-corrected chi connectivity index (χ4v) is 4.81. The summed E-state index contributed by atoms with van der Waals surface area (Å²) in [5.74, 6) is 1.54. The van der Waals surface area contributed by atoms with Crippen LogP contribution in [0.2, 0.25) is 10.0 Å². The maximum atomic E-state index is 6.37. The van der Waals surface area contributed by atoms with E-state index in [9.17, 15) is 0 Å². The first-order chi connectivity index (χ1) is 15.0. The molecule has 2 heterocycles. The summed E-state index contributed by atoms with van der Waals surface area (Å²) in [5.41, 5.74) is 1.01. The maximum absolute atomic E-state index is 6.37. The van der Waals surface area contributed by atoms with Crippen molar-refractivity contribution in [2.24, 2.45) is 0 Å². The largest absolute Gasteiger partial charge is 0.363 e. The Kier molecular flexibility index (Phi) is 9.45. The number of hydrogen-bond donors (Lipinski definition) is 1. The quantitative estimate of drug-likeness (QED) is 0.401. The number of halogens is 2. The third-order valence-corrected chi connectivity index (χ3v) is 7.07. The molecule has 0 bridgehead atoms. The molecule has 3 rings (SSSR count). The van der Waals surface area contributed by atoms with Crippen molar-refractivity contribution in [3.05, 3.63) is 52.0 Å². The van der Waals surface area contributed by atoms with Gasteiger partial charge in [-0.2, -0.15) is 0 Å². The molecule has 1 aromatic carbocycles. The van der Waals surface area contributed by atoms with Crippen molar-refractivity contribution in [2.45, 2.75) is 45.6 Å². The third kappa shape index (κ3) is 6.82. The highest BCUT2D eigenvalue weighted by Gasteiger charge is 2.25. The summed E-state index contributed by atoms with van der Waals surface area (Å²) in [5, 5.41) is 5.76. The minimum Gasteiger partial charge on any atom is -0.363 e. The Morgan fingerprint density at radius 1 is 1.23 bits per heavy atom. The van der Waals surface area contributed by atoms with Crippen LogP contribution in [-0.4, -0.2) is 63.7 Å². The number of benzene rings is 1. The van der Waals surface area contributed by atoms with Gasteiger partial charge in [0.25, 0.3) is 0 Å². The zero-order chi connectivity index (χ0) is 22.2. The van der Waals surface area contributed by atoms with Gasteiger partial charge in [-0.1, -0.05) is 37.0 Å². The van der Waals surface area contributed by atoms with Crippen molar-refractivity contribution in [3.63, 3.8) is 0 Å². The molecule has 0 saturated carbocycles. The molecule has 1 aromatic heterocycles. The summed E-state index contributed by atoms with van der Waals surface area (Å²) < 4.78 is 2.20. The van der Waals surface area contributed by atoms with E-state index in [4.69, 9.17) is 35.4 Å². The van der Waals surface area contributed by atoms with E-state index < -0.39 is 0 Å². The molecule has 0 spiro atoms. The fourth-order valence-electron chi connectivity index (χ4n) is 4.15. The molecular weight excluding hydrogens is 449 g/mol. The van der Waals surface area contributed by atoms with Gasteiger partial charge in [-0.25, -0.2) is 4.98 Å². The van der Waals surface area contributed by atoms with E-state index in [0.717, 1.165) is 80.1 Å². The molecule has 1 fully saturated rings. The van der Waals surface area contributed by atoms with Gasteiger partial charge in [0.2, 0.25) is 0 Å². The van der Waals surface area contributed by atoms with E-state index in [1.165, 1.54) is 0 Å². The molecule has 0 amide bonds. The van der Waals surface area contributed by atoms with Crippen LogP contribution in [0.25, 0.3) is 0 Å². The van der Waals surface area contributed by atoms with Crippen molar-refractivity contribution in [3.8, 4) is 0 Å². The lowest BCUT2D eigenvalue weighted by Gasteiger charge is -2.34. The molecule has 0 unspecified atom stereocenters. The number of nitrogens with one attached hydrogen (secondary N) is 1. The molecule has 2 aromatic rings. The number of likely N-dealkylation sites (tertiary alicyclic amines) is 1. The lowest BCUT2D eigenvalue weighted by atomic mass is 9.96. The standard InChI is InChI=1S/C23H33Cl2N5S/c1-3-28(4-2)12-5-10-27-23(31)29-13-8-18(9-14-29)22-26-11-15-30(22)17-19-16-20(24)6-7-21(19)25/h6-7,11,15-16,18H,3-5,8-10,12-14,17H2,1-2H3,(H,27,31). The molecule has 5 nitrogen and oxygen atoms in total. The summed E-state index contributed by atoms with van der Waals surface area (Å²) in [4.78, 5) is 9.40. The van der Waals surface area contributed by atoms with Gasteiger partial charge < -0.3 is 19.7 Å². The van der Waals surface area contributed by atoms with Crippen LogP contribution in [-0.2, 0) is 6.54 Å². The van der Waals surface area contributed by atoms with Gasteiger partial charge in [0.15, 0.2) is 5.11 Å². The minimum absolute atomic E-state index is 0.426. The van der Waals surface area contributed by atoms with E-state index in [2.05, 4.69) is 38.5 Å². The first-order valence-electron chi connectivity index (χ1n) is 11.2. The molecule has 1 aliphatic heterocycles. The van der Waals surface area contributed by atoms with E-state index in [-0.39, 0.29) is 0 Å². The molecule has 0 atom stereocenters. The van der Waals surface area contributed by atoms with Crippen LogP contribution in [0.5, 0.6) is 0 Å². The number of imidazole rings is 1. The Morgan fingerprint density at radius 2 is 1.97 bits per heavy atom. The van der Waals surface area contributed by atoms with E-state index in [0.29, 0.717) is 17.5 Å². The van der Waals surface area contributed by atoms with Crippen LogP contribution in [0.3, 0.4) is 0 Å². The minimum atomic E-state index is 0.426. The molecule has 1 saturated heterocycles. The van der Waals surface area contributed by atoms with Crippen molar-refractivity contribution in [1.29, 1.82) is 0 Å². The smallest absolute Gasteiger partial charge is 0.168 e. The van der Waals surface area contributed by atoms with Gasteiger partial charge in [0.05, 0.1) is 6.54 Å². The first-order valence-corrected chi connectivity index (χ1v) is 12.4. The predicted molar refractivity (Wildman–Crippen MR) is 134 cm³/mol. The van der Waals surface area contributed by atoms with Crippen LogP contribution in [0, 0.1) is 0 Å². The summed E-state index contributed by atoms with van der Waals surface area (Å²) in [7, 11) is 0. The van der Waals surface area contributed by atoms with Crippen LogP contribution in [0.15, 0.2) is 30.6 Å². The Bertz CT molecular complexity index is 844. The zero-order valence-electron chi connectivity index (χ0n) is 18.5.